The Labute approximate surface area is 260 Å². The smallest absolute Gasteiger partial charge is 0.337 e. The van der Waals surface area contributed by atoms with Crippen LogP contribution in [0.15, 0.2) is 120 Å². The number of carbonyl (C=O) groups is 4. The zero-order valence-corrected chi connectivity index (χ0v) is 24.7. The van der Waals surface area contributed by atoms with Crippen LogP contribution in [0.25, 0.3) is 17.4 Å². The molecule has 224 valence electrons. The molecule has 0 radical (unpaired) electrons. The van der Waals surface area contributed by atoms with Crippen molar-refractivity contribution in [3.05, 3.63) is 149 Å². The lowest BCUT2D eigenvalue weighted by Crippen LogP contribution is -2.18. The zero-order chi connectivity index (χ0) is 31.8. The zero-order valence-electron chi connectivity index (χ0n) is 24.7. The summed E-state index contributed by atoms with van der Waals surface area (Å²) in [4.78, 5) is 50.8. The minimum absolute atomic E-state index is 0.149. The Morgan fingerprint density at radius 3 is 2.22 bits per heavy atom. The molecule has 2 N–H and O–H groups in total. The maximum Gasteiger partial charge on any atom is 0.337 e. The van der Waals surface area contributed by atoms with Crippen LogP contribution in [0.4, 0.5) is 11.4 Å². The maximum absolute atomic E-state index is 13.5. The summed E-state index contributed by atoms with van der Waals surface area (Å²) in [7, 11) is 1.32. The van der Waals surface area contributed by atoms with Crippen LogP contribution in [0.3, 0.4) is 0 Å². The van der Waals surface area contributed by atoms with Crippen molar-refractivity contribution < 1.29 is 28.3 Å². The number of esters is 1. The summed E-state index contributed by atoms with van der Waals surface area (Å²) >= 11 is 0. The van der Waals surface area contributed by atoms with E-state index in [1.165, 1.54) is 19.3 Å². The molecule has 0 aliphatic carbocycles. The van der Waals surface area contributed by atoms with Gasteiger partial charge in [0.2, 0.25) is 11.8 Å². The lowest BCUT2D eigenvalue weighted by atomic mass is 10.0. The number of aryl methyl sites for hydroxylation is 1. The molecule has 0 spiro atoms. The van der Waals surface area contributed by atoms with E-state index in [0.29, 0.717) is 34.0 Å². The Hall–Kier alpha value is -6.02. The Kier molecular flexibility index (Phi) is 9.45. The number of nitrogens with one attached hydrogen (secondary N) is 2. The summed E-state index contributed by atoms with van der Waals surface area (Å²) in [6, 6.07) is 31.4. The highest BCUT2D eigenvalue weighted by molar-refractivity contribution is 6.15. The molecule has 4 aromatic carbocycles. The molecule has 0 aliphatic rings. The molecule has 0 atom stereocenters. The van der Waals surface area contributed by atoms with Crippen molar-refractivity contribution in [1.82, 2.24) is 0 Å². The van der Waals surface area contributed by atoms with E-state index in [4.69, 9.17) is 9.15 Å². The van der Waals surface area contributed by atoms with Gasteiger partial charge in [-0.25, -0.2) is 4.79 Å². The standard InChI is InChI=1S/C37H30N2O6/c1-24-8-10-25(11-9-24)22-35(41)39-32-19-16-29(23-31(32)36(42)27-6-4-3-5-7-27)38-34(40)21-18-30-17-20-33(45-30)26-12-14-28(15-13-26)37(43)44-2/h3-21,23H,22H2,1-2H3,(H,38,40)(H,39,41)/b21-18+. The summed E-state index contributed by atoms with van der Waals surface area (Å²) in [5, 5.41) is 5.63. The van der Waals surface area contributed by atoms with Crippen molar-refractivity contribution in [1.29, 1.82) is 0 Å². The van der Waals surface area contributed by atoms with Gasteiger partial charge in [0.05, 0.1) is 24.8 Å². The first kappa shape index (κ1) is 30.4. The van der Waals surface area contributed by atoms with Crippen LogP contribution in [-0.2, 0) is 20.7 Å². The van der Waals surface area contributed by atoms with Crippen molar-refractivity contribution in [3.63, 3.8) is 0 Å². The van der Waals surface area contributed by atoms with Crippen molar-refractivity contribution in [2.24, 2.45) is 0 Å². The number of rotatable bonds is 10. The Bertz CT molecular complexity index is 1870. The van der Waals surface area contributed by atoms with E-state index < -0.39 is 11.9 Å². The fourth-order valence-corrected chi connectivity index (χ4v) is 4.58. The first-order valence-corrected chi connectivity index (χ1v) is 14.2. The number of hydrogen-bond donors (Lipinski definition) is 2. The highest BCUT2D eigenvalue weighted by Crippen LogP contribution is 2.26. The van der Waals surface area contributed by atoms with Gasteiger partial charge in [0.25, 0.3) is 0 Å². The molecule has 8 nitrogen and oxygen atoms in total. The molecule has 1 heterocycles. The second-order valence-corrected chi connectivity index (χ2v) is 10.3. The van der Waals surface area contributed by atoms with Crippen LogP contribution in [-0.4, -0.2) is 30.7 Å². The van der Waals surface area contributed by atoms with Crippen LogP contribution >= 0.6 is 0 Å². The fraction of sp³-hybridized carbons (Fsp3) is 0.0811. The molecular weight excluding hydrogens is 568 g/mol. The summed E-state index contributed by atoms with van der Waals surface area (Å²) < 4.78 is 10.6. The molecule has 0 fully saturated rings. The average Bonchev–Trinajstić information content (AvgIpc) is 3.54. The van der Waals surface area contributed by atoms with Crippen molar-refractivity contribution in [2.75, 3.05) is 17.7 Å². The van der Waals surface area contributed by atoms with E-state index in [9.17, 15) is 19.2 Å². The van der Waals surface area contributed by atoms with Gasteiger partial charge in [-0.1, -0.05) is 72.3 Å². The van der Waals surface area contributed by atoms with E-state index >= 15 is 0 Å². The predicted molar refractivity (Wildman–Crippen MR) is 173 cm³/mol. The summed E-state index contributed by atoms with van der Waals surface area (Å²) in [5.74, 6) is -0.415. The Morgan fingerprint density at radius 2 is 1.51 bits per heavy atom. The Balaban J connectivity index is 1.29. The number of anilines is 2. The molecule has 5 rings (SSSR count). The number of ether oxygens (including phenoxy) is 1. The number of amides is 2. The van der Waals surface area contributed by atoms with Gasteiger partial charge in [-0.3, -0.25) is 14.4 Å². The molecule has 0 saturated carbocycles. The second-order valence-electron chi connectivity index (χ2n) is 10.3. The normalized spacial score (nSPS) is 10.8. The first-order chi connectivity index (χ1) is 21.8. The van der Waals surface area contributed by atoms with Crippen LogP contribution in [0.2, 0.25) is 0 Å². The number of methoxy groups -OCH3 is 1. The van der Waals surface area contributed by atoms with Gasteiger partial charge >= 0.3 is 5.97 Å². The van der Waals surface area contributed by atoms with E-state index in [-0.39, 0.29) is 23.7 Å². The second kappa shape index (κ2) is 14.0. The number of furan rings is 1. The quantitative estimate of drug-likeness (QED) is 0.101. The molecule has 2 amide bonds. The van der Waals surface area contributed by atoms with E-state index in [1.54, 1.807) is 78.9 Å². The molecular formula is C37H30N2O6. The largest absolute Gasteiger partial charge is 0.465 e. The third kappa shape index (κ3) is 7.88. The van der Waals surface area contributed by atoms with Crippen LogP contribution in [0.5, 0.6) is 0 Å². The SMILES string of the molecule is COC(=O)c1ccc(-c2ccc(/C=C/C(=O)Nc3ccc(NC(=O)Cc4ccc(C)cc4)c(C(=O)c4ccccc4)c3)o2)cc1. The van der Waals surface area contributed by atoms with Gasteiger partial charge < -0.3 is 19.8 Å². The third-order valence-corrected chi connectivity index (χ3v) is 6.94. The number of carbonyl (C=O) groups excluding carboxylic acids is 4. The summed E-state index contributed by atoms with van der Waals surface area (Å²) in [5.41, 5.74) is 4.55. The van der Waals surface area contributed by atoms with E-state index in [2.05, 4.69) is 10.6 Å². The average molecular weight is 599 g/mol. The highest BCUT2D eigenvalue weighted by atomic mass is 16.5. The molecule has 5 aromatic rings. The monoisotopic (exact) mass is 598 g/mol. The first-order valence-electron chi connectivity index (χ1n) is 14.2. The van der Waals surface area contributed by atoms with Crippen molar-refractivity contribution in [2.45, 2.75) is 13.3 Å². The van der Waals surface area contributed by atoms with Crippen LogP contribution < -0.4 is 10.6 Å². The minimum Gasteiger partial charge on any atom is -0.465 e. The molecule has 0 unspecified atom stereocenters. The lowest BCUT2D eigenvalue weighted by Gasteiger charge is -2.13. The van der Waals surface area contributed by atoms with Gasteiger partial charge in [-0.2, -0.15) is 0 Å². The molecule has 0 bridgehead atoms. The number of hydrogen-bond acceptors (Lipinski definition) is 6. The van der Waals surface area contributed by atoms with Crippen LogP contribution in [0.1, 0.15) is 43.2 Å². The van der Waals surface area contributed by atoms with E-state index in [1.807, 2.05) is 37.3 Å². The molecule has 45 heavy (non-hydrogen) atoms. The fourth-order valence-electron chi connectivity index (χ4n) is 4.58. The van der Waals surface area contributed by atoms with Gasteiger partial charge in [0.15, 0.2) is 5.78 Å². The van der Waals surface area contributed by atoms with Crippen LogP contribution in [0, 0.1) is 6.92 Å². The molecule has 8 heteroatoms. The maximum atomic E-state index is 13.5. The van der Waals surface area contributed by atoms with Crippen molar-refractivity contribution in [3.8, 4) is 11.3 Å². The Morgan fingerprint density at radius 1 is 0.778 bits per heavy atom. The third-order valence-electron chi connectivity index (χ3n) is 6.94. The minimum atomic E-state index is -0.440. The lowest BCUT2D eigenvalue weighted by molar-refractivity contribution is -0.115. The van der Waals surface area contributed by atoms with Crippen molar-refractivity contribution >= 4 is 41.0 Å². The molecule has 0 aliphatic heterocycles. The van der Waals surface area contributed by atoms with Gasteiger partial charge in [0, 0.05) is 28.5 Å². The van der Waals surface area contributed by atoms with Gasteiger partial charge in [-0.05, 0) is 61.0 Å². The van der Waals surface area contributed by atoms with Gasteiger partial charge in [-0.15, -0.1) is 0 Å². The number of benzene rings is 4. The summed E-state index contributed by atoms with van der Waals surface area (Å²) in [6.07, 6.45) is 2.99. The predicted octanol–water partition coefficient (Wildman–Crippen LogP) is 7.11. The van der Waals surface area contributed by atoms with Gasteiger partial charge in [0.1, 0.15) is 11.5 Å². The topological polar surface area (TPSA) is 115 Å². The highest BCUT2D eigenvalue weighted by Gasteiger charge is 2.17. The number of ketones is 1. The molecule has 0 saturated heterocycles. The van der Waals surface area contributed by atoms with E-state index in [0.717, 1.165) is 16.7 Å². The summed E-state index contributed by atoms with van der Waals surface area (Å²) in [6.45, 7) is 1.98. The molecule has 1 aromatic heterocycles.